The quantitative estimate of drug-likeness (QED) is 0.833. The number of rotatable bonds is 5. The number of carbonyl (C=O) groups is 1. The number of ether oxygens (including phenoxy) is 2. The van der Waals surface area contributed by atoms with Gasteiger partial charge in [-0.15, -0.1) is 12.4 Å². The molecule has 1 amide bonds. The predicted octanol–water partition coefficient (Wildman–Crippen LogP) is 1.83. The van der Waals surface area contributed by atoms with Gasteiger partial charge in [-0.2, -0.15) is 0 Å². The number of hydrogen-bond acceptors (Lipinski definition) is 4. The van der Waals surface area contributed by atoms with Crippen LogP contribution < -0.4 is 5.73 Å². The van der Waals surface area contributed by atoms with E-state index in [-0.39, 0.29) is 29.8 Å². The number of nitrogens with two attached hydrogens (primary N) is 1. The third-order valence-electron chi connectivity index (χ3n) is 5.34. The maximum Gasteiger partial charge on any atom is 0.243 e. The summed E-state index contributed by atoms with van der Waals surface area (Å²) in [5.41, 5.74) is 5.32. The van der Waals surface area contributed by atoms with Gasteiger partial charge in [-0.3, -0.25) is 4.79 Å². The standard InChI is InChI=1S/C16H30N2O3.ClH/c1-5-21-13-9-16(17,15(13,2)3)14(19)18(4)10-12-7-6-8-20-11-12;/h12-13H,5-11,17H2,1-4H3;1H. The second-order valence-corrected chi connectivity index (χ2v) is 7.11. The molecule has 0 aromatic heterocycles. The van der Waals surface area contributed by atoms with E-state index in [2.05, 4.69) is 0 Å². The molecule has 130 valence electrons. The topological polar surface area (TPSA) is 64.8 Å². The molecule has 0 spiro atoms. The molecule has 2 rings (SSSR count). The van der Waals surface area contributed by atoms with E-state index in [1.165, 1.54) is 0 Å². The Kier molecular flexibility index (Phi) is 6.69. The zero-order valence-electron chi connectivity index (χ0n) is 14.3. The highest BCUT2D eigenvalue weighted by Gasteiger charge is 2.63. The van der Waals surface area contributed by atoms with Gasteiger partial charge in [0.05, 0.1) is 12.7 Å². The monoisotopic (exact) mass is 334 g/mol. The van der Waals surface area contributed by atoms with E-state index in [1.807, 2.05) is 27.8 Å². The second kappa shape index (κ2) is 7.47. The van der Waals surface area contributed by atoms with Crippen LogP contribution in [-0.2, 0) is 14.3 Å². The molecule has 0 aromatic rings. The molecule has 2 aliphatic rings. The number of amides is 1. The van der Waals surface area contributed by atoms with Crippen molar-refractivity contribution in [2.24, 2.45) is 17.1 Å². The molecule has 2 N–H and O–H groups in total. The Hall–Kier alpha value is -0.360. The third kappa shape index (κ3) is 3.42. The third-order valence-corrected chi connectivity index (χ3v) is 5.34. The molecule has 2 fully saturated rings. The number of likely N-dealkylation sites (N-methyl/N-ethyl adjacent to an activating group) is 1. The zero-order chi connectivity index (χ0) is 15.7. The van der Waals surface area contributed by atoms with Crippen LogP contribution in [0.2, 0.25) is 0 Å². The lowest BCUT2D eigenvalue weighted by atomic mass is 9.54. The van der Waals surface area contributed by atoms with Gasteiger partial charge in [0, 0.05) is 38.6 Å². The van der Waals surface area contributed by atoms with E-state index < -0.39 is 5.54 Å². The fraction of sp³-hybridized carbons (Fsp3) is 0.938. The molecule has 22 heavy (non-hydrogen) atoms. The molecule has 1 saturated heterocycles. The molecular weight excluding hydrogens is 304 g/mol. The molecule has 3 unspecified atom stereocenters. The summed E-state index contributed by atoms with van der Waals surface area (Å²) in [4.78, 5) is 14.6. The van der Waals surface area contributed by atoms with E-state index in [4.69, 9.17) is 15.2 Å². The highest BCUT2D eigenvalue weighted by atomic mass is 35.5. The van der Waals surface area contributed by atoms with Crippen LogP contribution in [0.4, 0.5) is 0 Å². The first kappa shape index (κ1) is 19.7. The molecule has 0 aromatic carbocycles. The van der Waals surface area contributed by atoms with E-state index >= 15 is 0 Å². The smallest absolute Gasteiger partial charge is 0.243 e. The molecule has 1 aliphatic heterocycles. The van der Waals surface area contributed by atoms with Gasteiger partial charge < -0.3 is 20.1 Å². The van der Waals surface area contributed by atoms with Crippen LogP contribution in [0.5, 0.6) is 0 Å². The Morgan fingerprint density at radius 1 is 1.45 bits per heavy atom. The van der Waals surface area contributed by atoms with E-state index in [9.17, 15) is 4.79 Å². The first-order valence-electron chi connectivity index (χ1n) is 8.06. The number of hydrogen-bond donors (Lipinski definition) is 1. The van der Waals surface area contributed by atoms with Gasteiger partial charge in [0.1, 0.15) is 5.54 Å². The number of halogens is 1. The van der Waals surface area contributed by atoms with Crippen molar-refractivity contribution in [3.8, 4) is 0 Å². The van der Waals surface area contributed by atoms with Gasteiger partial charge >= 0.3 is 0 Å². The predicted molar refractivity (Wildman–Crippen MR) is 89.2 cm³/mol. The summed E-state index contributed by atoms with van der Waals surface area (Å²) in [6, 6.07) is 0. The van der Waals surface area contributed by atoms with Gasteiger partial charge in [-0.1, -0.05) is 13.8 Å². The molecule has 0 radical (unpaired) electrons. The van der Waals surface area contributed by atoms with Crippen LogP contribution >= 0.6 is 12.4 Å². The van der Waals surface area contributed by atoms with Crippen LogP contribution in [0, 0.1) is 11.3 Å². The summed E-state index contributed by atoms with van der Waals surface area (Å²) in [5.74, 6) is 0.469. The molecule has 1 heterocycles. The van der Waals surface area contributed by atoms with Crippen LogP contribution in [0.25, 0.3) is 0 Å². The summed E-state index contributed by atoms with van der Waals surface area (Å²) >= 11 is 0. The van der Waals surface area contributed by atoms with Gasteiger partial charge in [0.25, 0.3) is 0 Å². The Labute approximate surface area is 140 Å². The average molecular weight is 335 g/mol. The lowest BCUT2D eigenvalue weighted by Crippen LogP contribution is -2.76. The minimum Gasteiger partial charge on any atom is -0.381 e. The zero-order valence-corrected chi connectivity index (χ0v) is 15.1. The summed E-state index contributed by atoms with van der Waals surface area (Å²) < 4.78 is 11.2. The maximum absolute atomic E-state index is 12.8. The minimum absolute atomic E-state index is 0. The SMILES string of the molecule is CCOC1CC(N)(C(=O)N(C)CC2CCCOC2)C1(C)C.Cl. The molecule has 5 nitrogen and oxygen atoms in total. The van der Waals surface area contributed by atoms with Crippen molar-refractivity contribution in [3.63, 3.8) is 0 Å². The Balaban J connectivity index is 0.00000242. The molecule has 0 bridgehead atoms. The maximum atomic E-state index is 12.8. The second-order valence-electron chi connectivity index (χ2n) is 7.11. The van der Waals surface area contributed by atoms with Gasteiger partial charge in [-0.25, -0.2) is 0 Å². The van der Waals surface area contributed by atoms with Gasteiger partial charge in [0.2, 0.25) is 5.91 Å². The molecular formula is C16H31ClN2O3. The van der Waals surface area contributed by atoms with Crippen molar-refractivity contribution in [3.05, 3.63) is 0 Å². The van der Waals surface area contributed by atoms with E-state index in [1.54, 1.807) is 4.90 Å². The Morgan fingerprint density at radius 2 is 2.14 bits per heavy atom. The largest absolute Gasteiger partial charge is 0.381 e. The lowest BCUT2D eigenvalue weighted by molar-refractivity contribution is -0.179. The first-order valence-corrected chi connectivity index (χ1v) is 8.06. The van der Waals surface area contributed by atoms with E-state index in [0.717, 1.165) is 32.6 Å². The Morgan fingerprint density at radius 3 is 2.64 bits per heavy atom. The first-order chi connectivity index (χ1) is 9.83. The summed E-state index contributed by atoms with van der Waals surface area (Å²) in [6.07, 6.45) is 2.89. The van der Waals surface area contributed by atoms with Crippen molar-refractivity contribution >= 4 is 18.3 Å². The molecule has 6 heteroatoms. The molecule has 1 saturated carbocycles. The molecule has 3 atom stereocenters. The molecule has 1 aliphatic carbocycles. The highest BCUT2D eigenvalue weighted by molar-refractivity contribution is 5.88. The van der Waals surface area contributed by atoms with Gasteiger partial charge in [0.15, 0.2) is 0 Å². The average Bonchev–Trinajstić information content (AvgIpc) is 2.47. The number of nitrogens with zero attached hydrogens (tertiary/aromatic N) is 1. The van der Waals surface area contributed by atoms with Crippen LogP contribution in [-0.4, -0.2) is 55.9 Å². The minimum atomic E-state index is -0.808. The van der Waals surface area contributed by atoms with Crippen molar-refractivity contribution in [2.75, 3.05) is 33.4 Å². The van der Waals surface area contributed by atoms with E-state index in [0.29, 0.717) is 18.9 Å². The van der Waals surface area contributed by atoms with Crippen molar-refractivity contribution in [2.45, 2.75) is 51.7 Å². The van der Waals surface area contributed by atoms with Crippen molar-refractivity contribution < 1.29 is 14.3 Å². The summed E-state index contributed by atoms with van der Waals surface area (Å²) in [7, 11) is 1.86. The summed E-state index contributed by atoms with van der Waals surface area (Å²) in [5, 5.41) is 0. The van der Waals surface area contributed by atoms with Crippen LogP contribution in [0.3, 0.4) is 0 Å². The summed E-state index contributed by atoms with van der Waals surface area (Å²) in [6.45, 7) is 9.03. The lowest BCUT2D eigenvalue weighted by Gasteiger charge is -2.58. The Bertz CT molecular complexity index is 386. The fourth-order valence-electron chi connectivity index (χ4n) is 3.56. The van der Waals surface area contributed by atoms with Crippen molar-refractivity contribution in [1.82, 2.24) is 4.90 Å². The highest BCUT2D eigenvalue weighted by Crippen LogP contribution is 2.50. The van der Waals surface area contributed by atoms with Crippen molar-refractivity contribution in [1.29, 1.82) is 0 Å². The van der Waals surface area contributed by atoms with Gasteiger partial charge in [-0.05, 0) is 25.7 Å². The van der Waals surface area contributed by atoms with Crippen LogP contribution in [0.15, 0.2) is 0 Å². The van der Waals surface area contributed by atoms with Crippen LogP contribution in [0.1, 0.15) is 40.0 Å². The fourth-order valence-corrected chi connectivity index (χ4v) is 3.56. The normalized spacial score (nSPS) is 33.5. The number of carbonyl (C=O) groups excluding carboxylic acids is 1.